The third-order valence-corrected chi connectivity index (χ3v) is 1.42. The van der Waals surface area contributed by atoms with E-state index in [1.54, 1.807) is 0 Å². The predicted molar refractivity (Wildman–Crippen MR) is 40.2 cm³/mol. The van der Waals surface area contributed by atoms with E-state index in [2.05, 4.69) is 9.72 Å². The van der Waals surface area contributed by atoms with E-state index in [1.165, 1.54) is 0 Å². The fraction of sp³-hybridized carbons (Fsp3) is 0.286. The van der Waals surface area contributed by atoms with Gasteiger partial charge in [-0.05, 0) is 0 Å². The minimum Gasteiger partial charge on any atom is -0.402 e. The Labute approximate surface area is 84.8 Å². The number of halogens is 6. The molecule has 0 radical (unpaired) electrons. The van der Waals surface area contributed by atoms with Crippen LogP contribution in [0.1, 0.15) is 12.1 Å². The van der Waals surface area contributed by atoms with E-state index >= 15 is 0 Å². The molecule has 1 aromatic heterocycles. The summed E-state index contributed by atoms with van der Waals surface area (Å²) in [6, 6.07) is 0.143. The van der Waals surface area contributed by atoms with Crippen LogP contribution in [0.15, 0.2) is 6.07 Å². The van der Waals surface area contributed by atoms with Gasteiger partial charge in [0.05, 0.1) is 0 Å². The van der Waals surface area contributed by atoms with Crippen molar-refractivity contribution in [2.45, 2.75) is 12.8 Å². The highest BCUT2D eigenvalue weighted by Gasteiger charge is 2.33. The highest BCUT2D eigenvalue weighted by atomic mass is 19.4. The SMILES string of the molecule is Nc1nc(C(F)F)cc(OC(F)(F)F)c1F. The maximum Gasteiger partial charge on any atom is 0.573 e. The van der Waals surface area contributed by atoms with Crippen molar-refractivity contribution >= 4 is 5.82 Å². The molecule has 0 saturated heterocycles. The molecule has 2 N–H and O–H groups in total. The minimum atomic E-state index is -5.20. The molecule has 16 heavy (non-hydrogen) atoms. The number of aromatic nitrogens is 1. The fourth-order valence-corrected chi connectivity index (χ4v) is 0.855. The van der Waals surface area contributed by atoms with Crippen LogP contribution in [0.2, 0.25) is 0 Å². The number of alkyl halides is 5. The maximum atomic E-state index is 12.9. The first-order valence-electron chi connectivity index (χ1n) is 3.70. The zero-order valence-corrected chi connectivity index (χ0v) is 7.36. The van der Waals surface area contributed by atoms with Crippen molar-refractivity contribution in [2.24, 2.45) is 0 Å². The van der Waals surface area contributed by atoms with Crippen LogP contribution in [0.5, 0.6) is 5.75 Å². The Kier molecular flexibility index (Phi) is 3.15. The topological polar surface area (TPSA) is 48.1 Å². The van der Waals surface area contributed by atoms with E-state index in [0.717, 1.165) is 0 Å². The van der Waals surface area contributed by atoms with Gasteiger partial charge in [-0.15, -0.1) is 13.2 Å². The molecule has 90 valence electrons. The molecule has 0 unspecified atom stereocenters. The van der Waals surface area contributed by atoms with Crippen molar-refractivity contribution in [3.63, 3.8) is 0 Å². The van der Waals surface area contributed by atoms with Gasteiger partial charge < -0.3 is 10.5 Å². The Morgan fingerprint density at radius 1 is 1.31 bits per heavy atom. The predicted octanol–water partition coefficient (Wildman–Crippen LogP) is 2.64. The van der Waals surface area contributed by atoms with Crippen LogP contribution in [0, 0.1) is 5.82 Å². The zero-order chi connectivity index (χ0) is 12.5. The summed E-state index contributed by atoms with van der Waals surface area (Å²) >= 11 is 0. The van der Waals surface area contributed by atoms with Crippen LogP contribution in [0.25, 0.3) is 0 Å². The molecule has 1 heterocycles. The Morgan fingerprint density at radius 2 is 1.88 bits per heavy atom. The van der Waals surface area contributed by atoms with Crippen molar-refractivity contribution < 1.29 is 31.1 Å². The normalized spacial score (nSPS) is 11.9. The summed E-state index contributed by atoms with van der Waals surface area (Å²) < 4.78 is 75.6. The van der Waals surface area contributed by atoms with E-state index in [0.29, 0.717) is 0 Å². The average Bonchev–Trinajstić information content (AvgIpc) is 2.10. The van der Waals surface area contributed by atoms with Gasteiger partial charge in [-0.2, -0.15) is 4.39 Å². The van der Waals surface area contributed by atoms with Crippen molar-refractivity contribution in [1.29, 1.82) is 0 Å². The Bertz CT molecular complexity index is 391. The highest BCUT2D eigenvalue weighted by Crippen LogP contribution is 2.31. The van der Waals surface area contributed by atoms with Crippen LogP contribution in [0.4, 0.5) is 32.2 Å². The van der Waals surface area contributed by atoms with E-state index in [-0.39, 0.29) is 6.07 Å². The molecule has 3 nitrogen and oxygen atoms in total. The van der Waals surface area contributed by atoms with Gasteiger partial charge in [0.15, 0.2) is 11.6 Å². The number of pyridine rings is 1. The highest BCUT2D eigenvalue weighted by molar-refractivity contribution is 5.41. The first-order chi connectivity index (χ1) is 7.20. The quantitative estimate of drug-likeness (QED) is 0.816. The molecule has 9 heteroatoms. The maximum absolute atomic E-state index is 12.9. The second-order valence-corrected chi connectivity index (χ2v) is 2.59. The Hall–Kier alpha value is -1.67. The summed E-state index contributed by atoms with van der Waals surface area (Å²) in [6.07, 6.45) is -8.38. The molecule has 0 atom stereocenters. The monoisotopic (exact) mass is 246 g/mol. The number of nitrogen functional groups attached to an aromatic ring is 1. The second-order valence-electron chi connectivity index (χ2n) is 2.59. The lowest BCUT2D eigenvalue weighted by molar-refractivity contribution is -0.275. The molecule has 0 aliphatic heterocycles. The van der Waals surface area contributed by atoms with Crippen molar-refractivity contribution in [3.05, 3.63) is 17.6 Å². The lowest BCUT2D eigenvalue weighted by Gasteiger charge is -2.11. The third kappa shape index (κ3) is 2.91. The van der Waals surface area contributed by atoms with Gasteiger partial charge >= 0.3 is 6.36 Å². The molecule has 0 aliphatic carbocycles. The number of rotatable bonds is 2. The van der Waals surface area contributed by atoms with Gasteiger partial charge in [0.25, 0.3) is 6.43 Å². The molecule has 0 spiro atoms. The smallest absolute Gasteiger partial charge is 0.402 e. The molecule has 0 aromatic carbocycles. The molecular formula is C7H4F6N2O. The van der Waals surface area contributed by atoms with E-state index in [1.807, 2.05) is 0 Å². The molecule has 0 bridgehead atoms. The number of ether oxygens (including phenoxy) is 1. The second kappa shape index (κ2) is 4.06. The number of hydrogen-bond donors (Lipinski definition) is 1. The van der Waals surface area contributed by atoms with Gasteiger partial charge in [0.2, 0.25) is 5.82 Å². The molecule has 0 aliphatic rings. The van der Waals surface area contributed by atoms with Crippen LogP contribution in [0.3, 0.4) is 0 Å². The summed E-state index contributed by atoms with van der Waals surface area (Å²) in [5.41, 5.74) is 3.71. The van der Waals surface area contributed by atoms with E-state index < -0.39 is 35.9 Å². The molecule has 0 amide bonds. The van der Waals surface area contributed by atoms with E-state index in [9.17, 15) is 26.3 Å². The van der Waals surface area contributed by atoms with Gasteiger partial charge in [-0.3, -0.25) is 0 Å². The number of nitrogens with two attached hydrogens (primary N) is 1. The summed E-state index contributed by atoms with van der Waals surface area (Å²) in [5, 5.41) is 0. The van der Waals surface area contributed by atoms with Crippen molar-refractivity contribution in [2.75, 3.05) is 5.73 Å². The number of hydrogen-bond acceptors (Lipinski definition) is 3. The number of nitrogens with zero attached hydrogens (tertiary/aromatic N) is 1. The first kappa shape index (κ1) is 12.4. The minimum absolute atomic E-state index is 0.143. The fourth-order valence-electron chi connectivity index (χ4n) is 0.855. The summed E-state index contributed by atoms with van der Waals surface area (Å²) in [7, 11) is 0. The molecular weight excluding hydrogens is 242 g/mol. The van der Waals surface area contributed by atoms with Crippen molar-refractivity contribution in [3.8, 4) is 5.75 Å². The van der Waals surface area contributed by atoms with Crippen molar-refractivity contribution in [1.82, 2.24) is 4.98 Å². The van der Waals surface area contributed by atoms with Crippen LogP contribution in [-0.4, -0.2) is 11.3 Å². The average molecular weight is 246 g/mol. The molecule has 1 rings (SSSR count). The summed E-state index contributed by atoms with van der Waals surface area (Å²) in [6.45, 7) is 0. The molecule has 0 saturated carbocycles. The molecule has 0 fully saturated rings. The summed E-state index contributed by atoms with van der Waals surface area (Å²) in [5.74, 6) is -4.16. The largest absolute Gasteiger partial charge is 0.573 e. The van der Waals surface area contributed by atoms with Gasteiger partial charge in [-0.1, -0.05) is 0 Å². The van der Waals surface area contributed by atoms with Crippen LogP contribution in [-0.2, 0) is 0 Å². The first-order valence-corrected chi connectivity index (χ1v) is 3.70. The van der Waals surface area contributed by atoms with Gasteiger partial charge in [0.1, 0.15) is 5.69 Å². The van der Waals surface area contributed by atoms with Gasteiger partial charge in [0, 0.05) is 6.07 Å². The molecule has 1 aromatic rings. The van der Waals surface area contributed by atoms with Crippen LogP contribution >= 0.6 is 0 Å². The van der Waals surface area contributed by atoms with Crippen LogP contribution < -0.4 is 10.5 Å². The zero-order valence-electron chi connectivity index (χ0n) is 7.36. The Balaban J connectivity index is 3.17. The summed E-state index contributed by atoms with van der Waals surface area (Å²) in [4.78, 5) is 2.87. The Morgan fingerprint density at radius 3 is 2.31 bits per heavy atom. The van der Waals surface area contributed by atoms with Gasteiger partial charge in [-0.25, -0.2) is 13.8 Å². The van der Waals surface area contributed by atoms with E-state index in [4.69, 9.17) is 5.73 Å². The lowest BCUT2D eigenvalue weighted by Crippen LogP contribution is -2.19. The third-order valence-electron chi connectivity index (χ3n) is 1.42. The lowest BCUT2D eigenvalue weighted by atomic mass is 10.3. The standard InChI is InChI=1S/C7H4F6N2O/c8-4-3(16-7(11,12)13)1-2(5(9)10)15-6(4)14/h1,5H,(H2,14,15). The number of anilines is 1.